The molecule has 0 heterocycles. The fourth-order valence-electron chi connectivity index (χ4n) is 3.08. The van der Waals surface area contributed by atoms with Crippen molar-refractivity contribution in [2.24, 2.45) is 0 Å². The Balaban J connectivity index is 1.56. The third kappa shape index (κ3) is 5.09. The van der Waals surface area contributed by atoms with Crippen LogP contribution >= 0.6 is 23.8 Å². The average Bonchev–Trinajstić information content (AvgIpc) is 2.75. The Hall–Kier alpha value is -3.68. The molecular formula is C23H16ClN3O3S. The Morgan fingerprint density at radius 1 is 0.903 bits per heavy atom. The molecule has 0 aliphatic heterocycles. The summed E-state index contributed by atoms with van der Waals surface area (Å²) in [4.78, 5) is 10.9. The molecule has 0 aliphatic carbocycles. The van der Waals surface area contributed by atoms with Crippen molar-refractivity contribution in [2.75, 3.05) is 10.6 Å². The molecule has 0 saturated carbocycles. The van der Waals surface area contributed by atoms with Crippen LogP contribution in [0.15, 0.2) is 84.9 Å². The number of thiocarbonyl (C=S) groups is 1. The highest BCUT2D eigenvalue weighted by Gasteiger charge is 2.13. The predicted octanol–water partition coefficient (Wildman–Crippen LogP) is 7.00. The van der Waals surface area contributed by atoms with E-state index in [9.17, 15) is 10.1 Å². The molecule has 31 heavy (non-hydrogen) atoms. The number of nitro benzene ring substituents is 1. The molecule has 0 spiro atoms. The molecule has 0 unspecified atom stereocenters. The van der Waals surface area contributed by atoms with Gasteiger partial charge in [-0.05, 0) is 47.9 Å². The molecule has 0 saturated heterocycles. The standard InChI is InChI=1S/C23H16ClN3O3S/c24-16-8-10-19(11-9-16)30-20-13-17(12-18(14-20)27(28)29)25-23(31)26-22-7-3-5-15-4-1-2-6-21(15)22/h1-14H,(H2,25,26,31). The molecule has 4 aromatic rings. The summed E-state index contributed by atoms with van der Waals surface area (Å²) in [6, 6.07) is 24.9. The molecule has 8 heteroatoms. The van der Waals surface area contributed by atoms with E-state index in [0.717, 1.165) is 16.5 Å². The summed E-state index contributed by atoms with van der Waals surface area (Å²) in [7, 11) is 0. The summed E-state index contributed by atoms with van der Waals surface area (Å²) in [5.41, 5.74) is 1.14. The number of anilines is 2. The summed E-state index contributed by atoms with van der Waals surface area (Å²) in [5, 5.41) is 20.5. The van der Waals surface area contributed by atoms with E-state index in [0.29, 0.717) is 27.3 Å². The highest BCUT2D eigenvalue weighted by atomic mass is 35.5. The number of nitrogens with zero attached hydrogens (tertiary/aromatic N) is 1. The smallest absolute Gasteiger partial charge is 0.275 e. The summed E-state index contributed by atoms with van der Waals surface area (Å²) >= 11 is 11.3. The van der Waals surface area contributed by atoms with Crippen LogP contribution in [0, 0.1) is 10.1 Å². The van der Waals surface area contributed by atoms with Gasteiger partial charge in [0.15, 0.2) is 5.11 Å². The molecule has 154 valence electrons. The van der Waals surface area contributed by atoms with Crippen molar-refractivity contribution < 1.29 is 9.66 Å². The molecule has 4 rings (SSSR count). The lowest BCUT2D eigenvalue weighted by atomic mass is 10.1. The lowest BCUT2D eigenvalue weighted by Crippen LogP contribution is -2.19. The van der Waals surface area contributed by atoms with Crippen LogP contribution in [0.5, 0.6) is 11.5 Å². The van der Waals surface area contributed by atoms with Crippen LogP contribution in [-0.4, -0.2) is 10.0 Å². The van der Waals surface area contributed by atoms with Gasteiger partial charge in [-0.2, -0.15) is 0 Å². The summed E-state index contributed by atoms with van der Waals surface area (Å²) in [6.07, 6.45) is 0. The summed E-state index contributed by atoms with van der Waals surface area (Å²) < 4.78 is 5.76. The van der Waals surface area contributed by atoms with E-state index < -0.39 is 4.92 Å². The minimum atomic E-state index is -0.485. The van der Waals surface area contributed by atoms with E-state index in [2.05, 4.69) is 10.6 Å². The first-order valence-corrected chi connectivity index (χ1v) is 10.1. The van der Waals surface area contributed by atoms with Crippen molar-refractivity contribution in [2.45, 2.75) is 0 Å². The normalized spacial score (nSPS) is 10.5. The lowest BCUT2D eigenvalue weighted by molar-refractivity contribution is -0.384. The highest BCUT2D eigenvalue weighted by Crippen LogP contribution is 2.30. The van der Waals surface area contributed by atoms with Crippen LogP contribution in [0.3, 0.4) is 0 Å². The van der Waals surface area contributed by atoms with E-state index in [1.807, 2.05) is 42.5 Å². The third-order valence-electron chi connectivity index (χ3n) is 4.45. The van der Waals surface area contributed by atoms with E-state index in [1.165, 1.54) is 12.1 Å². The summed E-state index contributed by atoms with van der Waals surface area (Å²) in [5.74, 6) is 0.805. The molecule has 0 atom stereocenters. The fraction of sp³-hybridized carbons (Fsp3) is 0. The van der Waals surface area contributed by atoms with E-state index in [1.54, 1.807) is 30.3 Å². The first-order chi connectivity index (χ1) is 15.0. The Kier molecular flexibility index (Phi) is 5.97. The van der Waals surface area contributed by atoms with Crippen LogP contribution in [-0.2, 0) is 0 Å². The number of fused-ring (bicyclic) bond motifs is 1. The van der Waals surface area contributed by atoms with E-state index in [4.69, 9.17) is 28.6 Å². The number of nitrogens with one attached hydrogen (secondary N) is 2. The average molecular weight is 450 g/mol. The van der Waals surface area contributed by atoms with Crippen molar-refractivity contribution in [3.8, 4) is 11.5 Å². The summed E-state index contributed by atoms with van der Waals surface area (Å²) in [6.45, 7) is 0. The number of hydrogen-bond acceptors (Lipinski definition) is 4. The van der Waals surface area contributed by atoms with E-state index in [-0.39, 0.29) is 5.69 Å². The number of ether oxygens (including phenoxy) is 1. The maximum absolute atomic E-state index is 11.4. The molecular weight excluding hydrogens is 434 g/mol. The first-order valence-electron chi connectivity index (χ1n) is 9.26. The molecule has 0 radical (unpaired) electrons. The van der Waals surface area contributed by atoms with Gasteiger partial charge in [0, 0.05) is 28.2 Å². The van der Waals surface area contributed by atoms with Gasteiger partial charge in [0.25, 0.3) is 5.69 Å². The van der Waals surface area contributed by atoms with Crippen molar-refractivity contribution in [1.82, 2.24) is 0 Å². The van der Waals surface area contributed by atoms with Crippen molar-refractivity contribution in [3.63, 3.8) is 0 Å². The van der Waals surface area contributed by atoms with Gasteiger partial charge in [-0.15, -0.1) is 0 Å². The van der Waals surface area contributed by atoms with Crippen LogP contribution < -0.4 is 15.4 Å². The molecule has 0 aromatic heterocycles. The maximum Gasteiger partial charge on any atom is 0.275 e. The van der Waals surface area contributed by atoms with Crippen LogP contribution in [0.25, 0.3) is 10.8 Å². The lowest BCUT2D eigenvalue weighted by Gasteiger charge is -2.14. The van der Waals surface area contributed by atoms with Gasteiger partial charge in [0.2, 0.25) is 0 Å². The minimum absolute atomic E-state index is 0.123. The van der Waals surface area contributed by atoms with Gasteiger partial charge in [-0.25, -0.2) is 0 Å². The molecule has 0 aliphatic rings. The zero-order valence-electron chi connectivity index (χ0n) is 16.0. The molecule has 6 nitrogen and oxygen atoms in total. The van der Waals surface area contributed by atoms with Gasteiger partial charge in [-0.3, -0.25) is 10.1 Å². The highest BCUT2D eigenvalue weighted by molar-refractivity contribution is 7.80. The number of halogens is 1. The van der Waals surface area contributed by atoms with E-state index >= 15 is 0 Å². The number of benzene rings is 4. The number of hydrogen-bond donors (Lipinski definition) is 2. The van der Waals surface area contributed by atoms with Gasteiger partial charge < -0.3 is 15.4 Å². The minimum Gasteiger partial charge on any atom is -0.457 e. The number of rotatable bonds is 5. The Labute approximate surface area is 188 Å². The van der Waals surface area contributed by atoms with Crippen molar-refractivity contribution in [1.29, 1.82) is 0 Å². The predicted molar refractivity (Wildman–Crippen MR) is 128 cm³/mol. The Morgan fingerprint density at radius 2 is 1.65 bits per heavy atom. The topological polar surface area (TPSA) is 76.4 Å². The van der Waals surface area contributed by atoms with Crippen LogP contribution in [0.2, 0.25) is 5.02 Å². The molecule has 0 bridgehead atoms. The molecule has 2 N–H and O–H groups in total. The second-order valence-corrected chi connectivity index (χ2v) is 7.48. The van der Waals surface area contributed by atoms with Gasteiger partial charge in [0.1, 0.15) is 11.5 Å². The number of nitro groups is 1. The molecule has 0 fully saturated rings. The third-order valence-corrected chi connectivity index (χ3v) is 4.90. The van der Waals surface area contributed by atoms with Gasteiger partial charge in [0.05, 0.1) is 16.7 Å². The fourth-order valence-corrected chi connectivity index (χ4v) is 3.43. The van der Waals surface area contributed by atoms with Crippen molar-refractivity contribution in [3.05, 3.63) is 100 Å². The SMILES string of the molecule is O=[N+]([O-])c1cc(NC(=S)Nc2cccc3ccccc23)cc(Oc2ccc(Cl)cc2)c1. The van der Waals surface area contributed by atoms with Gasteiger partial charge in [-0.1, -0.05) is 48.0 Å². The quantitative estimate of drug-likeness (QED) is 0.194. The second kappa shape index (κ2) is 8.99. The van der Waals surface area contributed by atoms with Crippen molar-refractivity contribution >= 4 is 56.8 Å². The maximum atomic E-state index is 11.4. The number of non-ortho nitro benzene ring substituents is 1. The van der Waals surface area contributed by atoms with Crippen LogP contribution in [0.1, 0.15) is 0 Å². The monoisotopic (exact) mass is 449 g/mol. The zero-order chi connectivity index (χ0) is 21.8. The zero-order valence-corrected chi connectivity index (χ0v) is 17.6. The van der Waals surface area contributed by atoms with Gasteiger partial charge >= 0.3 is 0 Å². The molecule has 4 aromatic carbocycles. The van der Waals surface area contributed by atoms with Crippen LogP contribution in [0.4, 0.5) is 17.1 Å². The largest absolute Gasteiger partial charge is 0.457 e. The second-order valence-electron chi connectivity index (χ2n) is 6.63. The Morgan fingerprint density at radius 3 is 2.42 bits per heavy atom. The molecule has 0 amide bonds. The Bertz CT molecular complexity index is 1270. The first kappa shape index (κ1) is 20.6.